The van der Waals surface area contributed by atoms with Crippen LogP contribution >= 0.6 is 27.5 Å². The van der Waals surface area contributed by atoms with Gasteiger partial charge in [-0.1, -0.05) is 51.8 Å². The van der Waals surface area contributed by atoms with Crippen LogP contribution in [0.4, 0.5) is 24.5 Å². The van der Waals surface area contributed by atoms with Crippen LogP contribution in [0.1, 0.15) is 16.7 Å². The number of hydrogen-bond donors (Lipinski definition) is 2. The van der Waals surface area contributed by atoms with Crippen molar-refractivity contribution in [3.05, 3.63) is 92.9 Å². The molecular formula is C21H17BrClF3N2. The van der Waals surface area contributed by atoms with Crippen LogP contribution < -0.4 is 10.6 Å². The summed E-state index contributed by atoms with van der Waals surface area (Å²) in [6.07, 6.45) is -4.43. The van der Waals surface area contributed by atoms with Crippen LogP contribution in [0.5, 0.6) is 0 Å². The molecule has 0 radical (unpaired) electrons. The Labute approximate surface area is 174 Å². The minimum Gasteiger partial charge on any atom is -0.381 e. The molecule has 0 aliphatic rings. The first-order valence-electron chi connectivity index (χ1n) is 8.48. The smallest absolute Gasteiger partial charge is 0.381 e. The maximum atomic E-state index is 13.3. The van der Waals surface area contributed by atoms with Crippen LogP contribution in [0, 0.1) is 0 Å². The van der Waals surface area contributed by atoms with E-state index in [9.17, 15) is 13.2 Å². The van der Waals surface area contributed by atoms with Gasteiger partial charge in [-0.25, -0.2) is 0 Å². The molecule has 3 aromatic rings. The van der Waals surface area contributed by atoms with Gasteiger partial charge in [-0.3, -0.25) is 0 Å². The highest BCUT2D eigenvalue weighted by molar-refractivity contribution is 9.10. The molecule has 3 aromatic carbocycles. The standard InChI is InChI=1S/C21H17BrClF3N2/c22-17-6-4-14(5-7-17)12-27-19-9-16(21(24,25)26)10-20(11-19)28-13-15-2-1-3-18(23)8-15/h1-11,27-28H,12-13H2. The monoisotopic (exact) mass is 468 g/mol. The largest absolute Gasteiger partial charge is 0.416 e. The van der Waals surface area contributed by atoms with Gasteiger partial charge in [-0.15, -0.1) is 0 Å². The summed E-state index contributed by atoms with van der Waals surface area (Å²) in [5.41, 5.74) is 1.92. The normalized spacial score (nSPS) is 11.3. The van der Waals surface area contributed by atoms with Crippen molar-refractivity contribution in [3.63, 3.8) is 0 Å². The van der Waals surface area contributed by atoms with Crippen LogP contribution in [-0.4, -0.2) is 0 Å². The number of nitrogens with one attached hydrogen (secondary N) is 2. The van der Waals surface area contributed by atoms with E-state index >= 15 is 0 Å². The van der Waals surface area contributed by atoms with Crippen molar-refractivity contribution in [1.29, 1.82) is 0 Å². The van der Waals surface area contributed by atoms with Gasteiger partial charge >= 0.3 is 6.18 Å². The van der Waals surface area contributed by atoms with Gasteiger partial charge in [-0.2, -0.15) is 13.2 Å². The van der Waals surface area contributed by atoms with Crippen molar-refractivity contribution in [2.75, 3.05) is 10.6 Å². The second-order valence-corrected chi connectivity index (χ2v) is 7.61. The molecule has 146 valence electrons. The Bertz CT molecular complexity index is 943. The van der Waals surface area contributed by atoms with E-state index in [1.807, 2.05) is 30.3 Å². The number of rotatable bonds is 6. The fraction of sp³-hybridized carbons (Fsp3) is 0.143. The van der Waals surface area contributed by atoms with E-state index in [4.69, 9.17) is 11.6 Å². The van der Waals surface area contributed by atoms with E-state index in [0.29, 0.717) is 29.5 Å². The summed E-state index contributed by atoms with van der Waals surface area (Å²) in [6, 6.07) is 18.7. The topological polar surface area (TPSA) is 24.1 Å². The second kappa shape index (κ2) is 8.88. The second-order valence-electron chi connectivity index (χ2n) is 6.26. The Kier molecular flexibility index (Phi) is 6.52. The van der Waals surface area contributed by atoms with Gasteiger partial charge in [0.2, 0.25) is 0 Å². The molecule has 0 spiro atoms. The molecule has 7 heteroatoms. The average Bonchev–Trinajstić information content (AvgIpc) is 2.65. The number of benzene rings is 3. The Balaban J connectivity index is 1.77. The lowest BCUT2D eigenvalue weighted by atomic mass is 10.1. The Morgan fingerprint density at radius 3 is 1.96 bits per heavy atom. The summed E-state index contributed by atoms with van der Waals surface area (Å²) in [5.74, 6) is 0. The molecule has 0 aliphatic heterocycles. The molecule has 28 heavy (non-hydrogen) atoms. The third kappa shape index (κ3) is 5.91. The minimum absolute atomic E-state index is 0.369. The van der Waals surface area contributed by atoms with Crippen LogP contribution in [0.3, 0.4) is 0 Å². The third-order valence-electron chi connectivity index (χ3n) is 4.06. The lowest BCUT2D eigenvalue weighted by Crippen LogP contribution is -2.09. The number of halogens is 5. The van der Waals surface area contributed by atoms with Crippen LogP contribution in [0.15, 0.2) is 71.2 Å². The van der Waals surface area contributed by atoms with E-state index < -0.39 is 11.7 Å². The Hall–Kier alpha value is -2.18. The summed E-state index contributed by atoms with van der Waals surface area (Å²) in [7, 11) is 0. The van der Waals surface area contributed by atoms with Crippen LogP contribution in [0.25, 0.3) is 0 Å². The highest BCUT2D eigenvalue weighted by atomic mass is 79.9. The molecule has 0 unspecified atom stereocenters. The quantitative estimate of drug-likeness (QED) is 0.394. The van der Waals surface area contributed by atoms with E-state index in [-0.39, 0.29) is 0 Å². The Morgan fingerprint density at radius 1 is 0.786 bits per heavy atom. The lowest BCUT2D eigenvalue weighted by Gasteiger charge is -2.15. The van der Waals surface area contributed by atoms with Gasteiger partial charge in [-0.05, 0) is 53.6 Å². The van der Waals surface area contributed by atoms with Gasteiger partial charge in [0.05, 0.1) is 5.56 Å². The lowest BCUT2D eigenvalue weighted by molar-refractivity contribution is -0.137. The molecule has 2 N–H and O–H groups in total. The van der Waals surface area contributed by atoms with Crippen LogP contribution in [-0.2, 0) is 19.3 Å². The maximum absolute atomic E-state index is 13.3. The highest BCUT2D eigenvalue weighted by Gasteiger charge is 2.31. The van der Waals surface area contributed by atoms with E-state index in [0.717, 1.165) is 27.7 Å². The predicted molar refractivity (Wildman–Crippen MR) is 112 cm³/mol. The van der Waals surface area contributed by atoms with Crippen molar-refractivity contribution in [2.24, 2.45) is 0 Å². The first kappa shape index (κ1) is 20.6. The fourth-order valence-electron chi connectivity index (χ4n) is 2.65. The zero-order valence-electron chi connectivity index (χ0n) is 14.7. The molecule has 0 bridgehead atoms. The van der Waals surface area contributed by atoms with E-state index in [2.05, 4.69) is 26.6 Å². The first-order chi connectivity index (χ1) is 13.3. The summed E-state index contributed by atoms with van der Waals surface area (Å²) < 4.78 is 40.8. The van der Waals surface area contributed by atoms with Gasteiger partial charge in [0, 0.05) is 34.0 Å². The highest BCUT2D eigenvalue weighted by Crippen LogP contribution is 2.33. The zero-order valence-corrected chi connectivity index (χ0v) is 17.0. The van der Waals surface area contributed by atoms with Crippen molar-refractivity contribution in [3.8, 4) is 0 Å². The zero-order chi connectivity index (χ0) is 20.1. The predicted octanol–water partition coefficient (Wildman–Crippen LogP) is 7.35. The molecule has 0 amide bonds. The molecule has 3 rings (SSSR count). The van der Waals surface area contributed by atoms with Crippen molar-refractivity contribution in [2.45, 2.75) is 19.3 Å². The summed E-state index contributed by atoms with van der Waals surface area (Å²) >= 11 is 9.32. The van der Waals surface area contributed by atoms with Crippen LogP contribution in [0.2, 0.25) is 5.02 Å². The summed E-state index contributed by atoms with van der Waals surface area (Å²) in [5, 5.41) is 6.69. The molecular weight excluding hydrogens is 453 g/mol. The van der Waals surface area contributed by atoms with Gasteiger partial charge in [0.15, 0.2) is 0 Å². The van der Waals surface area contributed by atoms with Crippen molar-refractivity contribution < 1.29 is 13.2 Å². The SMILES string of the molecule is FC(F)(F)c1cc(NCc2ccc(Br)cc2)cc(NCc2cccc(Cl)c2)c1. The fourth-order valence-corrected chi connectivity index (χ4v) is 3.13. The number of hydrogen-bond acceptors (Lipinski definition) is 2. The molecule has 0 atom stereocenters. The minimum atomic E-state index is -4.43. The van der Waals surface area contributed by atoms with Crippen molar-refractivity contribution in [1.82, 2.24) is 0 Å². The molecule has 0 aliphatic carbocycles. The summed E-state index contributed by atoms with van der Waals surface area (Å²) in [6.45, 7) is 0.788. The molecule has 2 nitrogen and oxygen atoms in total. The van der Waals surface area contributed by atoms with Gasteiger partial charge < -0.3 is 10.6 Å². The third-order valence-corrected chi connectivity index (χ3v) is 4.82. The number of alkyl halides is 3. The Morgan fingerprint density at radius 2 is 1.39 bits per heavy atom. The summed E-state index contributed by atoms with van der Waals surface area (Å²) in [4.78, 5) is 0. The number of anilines is 2. The molecule has 0 saturated carbocycles. The average molecular weight is 470 g/mol. The maximum Gasteiger partial charge on any atom is 0.416 e. The van der Waals surface area contributed by atoms with E-state index in [1.54, 1.807) is 24.3 Å². The molecule has 0 heterocycles. The van der Waals surface area contributed by atoms with Gasteiger partial charge in [0.25, 0.3) is 0 Å². The first-order valence-corrected chi connectivity index (χ1v) is 9.65. The van der Waals surface area contributed by atoms with Crippen molar-refractivity contribution >= 4 is 38.9 Å². The molecule has 0 aromatic heterocycles. The molecule has 0 fully saturated rings. The van der Waals surface area contributed by atoms with Gasteiger partial charge in [0.1, 0.15) is 0 Å². The van der Waals surface area contributed by atoms with E-state index in [1.165, 1.54) is 0 Å². The molecule has 0 saturated heterocycles.